The summed E-state index contributed by atoms with van der Waals surface area (Å²) >= 11 is 5.67. The third-order valence-corrected chi connectivity index (χ3v) is 5.58. The molecule has 1 N–H and O–H groups in total. The van der Waals surface area contributed by atoms with Gasteiger partial charge in [0.2, 0.25) is 0 Å². The van der Waals surface area contributed by atoms with Crippen molar-refractivity contribution in [2.45, 2.75) is 115 Å². The fraction of sp³-hybridized carbons (Fsp3) is 0.952. The Balaban J connectivity index is 1.98. The number of alkyl halides is 1. The van der Waals surface area contributed by atoms with Crippen molar-refractivity contribution in [3.05, 3.63) is 0 Å². The lowest BCUT2D eigenvalue weighted by molar-refractivity contribution is -0.188. The molecule has 0 spiro atoms. The van der Waals surface area contributed by atoms with E-state index in [0.29, 0.717) is 12.3 Å². The highest BCUT2D eigenvalue weighted by Crippen LogP contribution is 2.31. The Morgan fingerprint density at radius 2 is 1.56 bits per heavy atom. The summed E-state index contributed by atoms with van der Waals surface area (Å²) in [6, 6.07) is 0. The normalized spacial score (nSPS) is 21.0. The molecule has 0 aliphatic carbocycles. The molecule has 0 aromatic heterocycles. The first-order valence-electron chi connectivity index (χ1n) is 10.6. The summed E-state index contributed by atoms with van der Waals surface area (Å²) in [5.74, 6) is 0.620. The Labute approximate surface area is 159 Å². The van der Waals surface area contributed by atoms with Gasteiger partial charge in [0.05, 0.1) is 12.0 Å². The van der Waals surface area contributed by atoms with E-state index in [-0.39, 0.29) is 24.1 Å². The van der Waals surface area contributed by atoms with E-state index in [1.807, 2.05) is 0 Å². The summed E-state index contributed by atoms with van der Waals surface area (Å²) in [4.78, 5) is 11.6. The number of esters is 1. The molecule has 0 aromatic carbocycles. The number of aliphatic hydroxyl groups is 1. The highest BCUT2D eigenvalue weighted by atomic mass is 35.5. The first-order chi connectivity index (χ1) is 12.2. The SMILES string of the molecule is CCCCCCCCCCCC(O)C[C@@H]1OC(=O)[C@H]1CCCCCCl. The van der Waals surface area contributed by atoms with Crippen LogP contribution in [0.25, 0.3) is 0 Å². The first kappa shape index (κ1) is 22.8. The zero-order valence-electron chi connectivity index (χ0n) is 16.2. The summed E-state index contributed by atoms with van der Waals surface area (Å²) < 4.78 is 5.25. The minimum atomic E-state index is -0.326. The molecule has 0 aromatic rings. The van der Waals surface area contributed by atoms with E-state index in [9.17, 15) is 9.90 Å². The number of ether oxygens (including phenoxy) is 1. The van der Waals surface area contributed by atoms with Crippen LogP contribution in [0.15, 0.2) is 0 Å². The van der Waals surface area contributed by atoms with E-state index in [1.165, 1.54) is 51.4 Å². The molecule has 0 bridgehead atoms. The Kier molecular flexibility index (Phi) is 13.5. The molecule has 1 unspecified atom stereocenters. The Morgan fingerprint density at radius 1 is 0.960 bits per heavy atom. The topological polar surface area (TPSA) is 46.5 Å². The Morgan fingerprint density at radius 3 is 2.16 bits per heavy atom. The maximum Gasteiger partial charge on any atom is 0.313 e. The molecule has 1 saturated heterocycles. The highest BCUT2D eigenvalue weighted by molar-refractivity contribution is 6.17. The van der Waals surface area contributed by atoms with Gasteiger partial charge in [-0.3, -0.25) is 4.79 Å². The molecule has 0 saturated carbocycles. The van der Waals surface area contributed by atoms with Crippen LogP contribution in [-0.2, 0) is 9.53 Å². The van der Waals surface area contributed by atoms with Gasteiger partial charge in [0.25, 0.3) is 0 Å². The second-order valence-corrected chi connectivity index (χ2v) is 8.00. The van der Waals surface area contributed by atoms with E-state index < -0.39 is 0 Å². The molecule has 3 nitrogen and oxygen atoms in total. The number of hydrogen-bond acceptors (Lipinski definition) is 3. The van der Waals surface area contributed by atoms with Gasteiger partial charge in [-0.15, -0.1) is 11.6 Å². The lowest BCUT2D eigenvalue weighted by Gasteiger charge is -2.36. The number of carbonyl (C=O) groups excluding carboxylic acids is 1. The average Bonchev–Trinajstić information content (AvgIpc) is 2.59. The molecular weight excluding hydrogens is 336 g/mol. The summed E-state index contributed by atoms with van der Waals surface area (Å²) in [5.41, 5.74) is 0. The predicted octanol–water partition coefficient (Wildman–Crippen LogP) is 6.00. The van der Waals surface area contributed by atoms with E-state index in [1.54, 1.807) is 0 Å². The van der Waals surface area contributed by atoms with E-state index >= 15 is 0 Å². The van der Waals surface area contributed by atoms with E-state index in [2.05, 4.69) is 6.92 Å². The maximum atomic E-state index is 11.6. The third-order valence-electron chi connectivity index (χ3n) is 5.31. The number of carbonyl (C=O) groups is 1. The van der Waals surface area contributed by atoms with Gasteiger partial charge in [0.1, 0.15) is 6.10 Å². The molecular formula is C21H39ClO3. The van der Waals surface area contributed by atoms with Crippen LogP contribution in [0.1, 0.15) is 103 Å². The Bertz CT molecular complexity index is 335. The lowest BCUT2D eigenvalue weighted by atomic mass is 9.86. The fourth-order valence-electron chi connectivity index (χ4n) is 3.63. The van der Waals surface area contributed by atoms with Crippen molar-refractivity contribution < 1.29 is 14.6 Å². The van der Waals surface area contributed by atoms with Crippen LogP contribution in [0.4, 0.5) is 0 Å². The van der Waals surface area contributed by atoms with Crippen molar-refractivity contribution in [3.8, 4) is 0 Å². The summed E-state index contributed by atoms with van der Waals surface area (Å²) in [7, 11) is 0. The Hall–Kier alpha value is -0.280. The molecule has 1 aliphatic heterocycles. The molecule has 1 heterocycles. The number of hydrogen-bond donors (Lipinski definition) is 1. The second kappa shape index (κ2) is 14.8. The first-order valence-corrected chi connectivity index (χ1v) is 11.2. The van der Waals surface area contributed by atoms with E-state index in [4.69, 9.17) is 16.3 Å². The average molecular weight is 375 g/mol. The molecule has 1 fully saturated rings. The van der Waals surface area contributed by atoms with Crippen molar-refractivity contribution in [2.24, 2.45) is 5.92 Å². The minimum Gasteiger partial charge on any atom is -0.461 e. The molecule has 4 heteroatoms. The van der Waals surface area contributed by atoms with Crippen molar-refractivity contribution in [1.82, 2.24) is 0 Å². The number of cyclic esters (lactones) is 1. The van der Waals surface area contributed by atoms with Gasteiger partial charge in [-0.05, 0) is 19.3 Å². The maximum absolute atomic E-state index is 11.6. The van der Waals surface area contributed by atoms with Gasteiger partial charge in [-0.1, -0.05) is 77.6 Å². The largest absolute Gasteiger partial charge is 0.461 e. The highest BCUT2D eigenvalue weighted by Gasteiger charge is 2.42. The summed E-state index contributed by atoms with van der Waals surface area (Å²) in [6.45, 7) is 2.25. The van der Waals surface area contributed by atoms with Crippen LogP contribution in [0, 0.1) is 5.92 Å². The number of aliphatic hydroxyl groups excluding tert-OH is 1. The van der Waals surface area contributed by atoms with Crippen molar-refractivity contribution in [1.29, 1.82) is 0 Å². The number of unbranched alkanes of at least 4 members (excludes halogenated alkanes) is 10. The van der Waals surface area contributed by atoms with Gasteiger partial charge in [0.15, 0.2) is 0 Å². The molecule has 25 heavy (non-hydrogen) atoms. The molecule has 3 atom stereocenters. The van der Waals surface area contributed by atoms with Gasteiger partial charge in [0, 0.05) is 12.3 Å². The minimum absolute atomic E-state index is 0.00750. The molecule has 1 aliphatic rings. The summed E-state index contributed by atoms with van der Waals surface area (Å²) in [6.07, 6.45) is 16.7. The number of halogens is 1. The van der Waals surface area contributed by atoms with Gasteiger partial charge >= 0.3 is 5.97 Å². The van der Waals surface area contributed by atoms with Gasteiger partial charge in [-0.25, -0.2) is 0 Å². The number of rotatable bonds is 17. The van der Waals surface area contributed by atoms with E-state index in [0.717, 1.165) is 38.5 Å². The fourth-order valence-corrected chi connectivity index (χ4v) is 3.82. The van der Waals surface area contributed by atoms with Crippen LogP contribution < -0.4 is 0 Å². The standard InChI is InChI=1S/C21H39ClO3/c1-2-3-4-5-6-7-8-9-11-14-18(23)17-20-19(21(24)25-20)15-12-10-13-16-22/h18-20,23H,2-17H2,1H3/t18?,19-,20-/m0/s1. The van der Waals surface area contributed by atoms with Crippen LogP contribution in [-0.4, -0.2) is 29.2 Å². The van der Waals surface area contributed by atoms with Crippen LogP contribution >= 0.6 is 11.6 Å². The van der Waals surface area contributed by atoms with Crippen molar-refractivity contribution in [3.63, 3.8) is 0 Å². The lowest BCUT2D eigenvalue weighted by Crippen LogP contribution is -2.46. The summed E-state index contributed by atoms with van der Waals surface area (Å²) in [5, 5.41) is 10.2. The van der Waals surface area contributed by atoms with Crippen LogP contribution in [0.3, 0.4) is 0 Å². The molecule has 0 amide bonds. The second-order valence-electron chi connectivity index (χ2n) is 7.63. The van der Waals surface area contributed by atoms with Crippen LogP contribution in [0.5, 0.6) is 0 Å². The quantitative estimate of drug-likeness (QED) is 0.193. The zero-order valence-corrected chi connectivity index (χ0v) is 16.9. The third kappa shape index (κ3) is 10.5. The molecule has 0 radical (unpaired) electrons. The smallest absolute Gasteiger partial charge is 0.313 e. The van der Waals surface area contributed by atoms with Crippen molar-refractivity contribution in [2.75, 3.05) is 5.88 Å². The van der Waals surface area contributed by atoms with Crippen molar-refractivity contribution >= 4 is 17.6 Å². The molecule has 148 valence electrons. The van der Waals surface area contributed by atoms with Crippen LogP contribution in [0.2, 0.25) is 0 Å². The van der Waals surface area contributed by atoms with Gasteiger partial charge in [-0.2, -0.15) is 0 Å². The predicted molar refractivity (Wildman–Crippen MR) is 105 cm³/mol. The monoisotopic (exact) mass is 374 g/mol. The van der Waals surface area contributed by atoms with Gasteiger partial charge < -0.3 is 9.84 Å². The zero-order chi connectivity index (χ0) is 18.3. The molecule has 1 rings (SSSR count).